The van der Waals surface area contributed by atoms with Crippen LogP contribution in [0.1, 0.15) is 53.6 Å². The smallest absolute Gasteiger partial charge is 0.337 e. The molecule has 1 saturated heterocycles. The van der Waals surface area contributed by atoms with Gasteiger partial charge in [0.15, 0.2) is 5.12 Å². The van der Waals surface area contributed by atoms with E-state index in [1.54, 1.807) is 4.90 Å². The van der Waals surface area contributed by atoms with Gasteiger partial charge in [-0.25, -0.2) is 0 Å². The van der Waals surface area contributed by atoms with Gasteiger partial charge in [-0.3, -0.25) is 19.5 Å². The Morgan fingerprint density at radius 1 is 1.17 bits per heavy atom. The normalized spacial score (nSPS) is 24.2. The average Bonchev–Trinajstić information content (AvgIpc) is 3.43. The van der Waals surface area contributed by atoms with Crippen molar-refractivity contribution in [3.05, 3.63) is 58.4 Å². The van der Waals surface area contributed by atoms with Crippen LogP contribution in [0, 0.1) is 11.3 Å². The average molecular weight is 516 g/mol. The molecule has 1 amide bonds. The van der Waals surface area contributed by atoms with Crippen molar-refractivity contribution in [2.24, 2.45) is 11.3 Å². The predicted octanol–water partition coefficient (Wildman–Crippen LogP) is 4.85. The molecular formula is C27H28F3N3O2S. The SMILES string of the molecule is O=C1Cc2cc(CN3CCC(CC4CC4)(C(=O)N4CCc5ncc(C(F)(F)F)cc5C4)C3)ccc2S1. The molecular weight excluding hydrogens is 487 g/mol. The highest BCUT2D eigenvalue weighted by Gasteiger charge is 2.49. The third-order valence-electron chi connectivity index (χ3n) is 8.01. The summed E-state index contributed by atoms with van der Waals surface area (Å²) in [5.41, 5.74) is 2.15. The lowest BCUT2D eigenvalue weighted by molar-refractivity contribution is -0.143. The van der Waals surface area contributed by atoms with Gasteiger partial charge >= 0.3 is 6.18 Å². The first kappa shape index (κ1) is 24.0. The van der Waals surface area contributed by atoms with Crippen LogP contribution < -0.4 is 0 Å². The molecule has 0 N–H and O–H groups in total. The molecule has 5 nitrogen and oxygen atoms in total. The number of thioether (sulfide) groups is 1. The highest BCUT2D eigenvalue weighted by molar-refractivity contribution is 8.14. The van der Waals surface area contributed by atoms with Gasteiger partial charge in [0.05, 0.1) is 11.0 Å². The number of nitrogens with zero attached hydrogens (tertiary/aromatic N) is 3. The molecule has 0 spiro atoms. The van der Waals surface area contributed by atoms with Gasteiger partial charge in [-0.15, -0.1) is 0 Å². The Balaban J connectivity index is 1.19. The number of fused-ring (bicyclic) bond motifs is 2. The fourth-order valence-electron chi connectivity index (χ4n) is 6.03. The molecule has 4 aliphatic rings. The Morgan fingerprint density at radius 3 is 2.78 bits per heavy atom. The minimum Gasteiger partial charge on any atom is -0.337 e. The first-order valence-corrected chi connectivity index (χ1v) is 13.4. The highest BCUT2D eigenvalue weighted by atomic mass is 32.2. The van der Waals surface area contributed by atoms with E-state index < -0.39 is 17.2 Å². The summed E-state index contributed by atoms with van der Waals surface area (Å²) in [6.45, 7) is 2.89. The van der Waals surface area contributed by atoms with Crippen LogP contribution in [0.5, 0.6) is 0 Å². The minimum absolute atomic E-state index is 0.0795. The predicted molar refractivity (Wildman–Crippen MR) is 129 cm³/mol. The zero-order chi connectivity index (χ0) is 25.1. The molecule has 1 saturated carbocycles. The van der Waals surface area contributed by atoms with Gasteiger partial charge in [-0.2, -0.15) is 13.2 Å². The molecule has 36 heavy (non-hydrogen) atoms. The molecule has 1 aliphatic carbocycles. The molecule has 1 unspecified atom stereocenters. The van der Waals surface area contributed by atoms with E-state index in [0.29, 0.717) is 43.1 Å². The second-order valence-corrected chi connectivity index (χ2v) is 11.9. The molecule has 3 aliphatic heterocycles. The molecule has 1 aromatic heterocycles. The van der Waals surface area contributed by atoms with Crippen LogP contribution in [0.25, 0.3) is 0 Å². The zero-order valence-electron chi connectivity index (χ0n) is 19.9. The Kier molecular flexibility index (Phi) is 5.91. The van der Waals surface area contributed by atoms with Crippen molar-refractivity contribution in [1.82, 2.24) is 14.8 Å². The number of rotatable bonds is 5. The minimum atomic E-state index is -4.45. The molecule has 4 heterocycles. The third-order valence-corrected chi connectivity index (χ3v) is 9.00. The summed E-state index contributed by atoms with van der Waals surface area (Å²) in [7, 11) is 0. The fraction of sp³-hybridized carbons (Fsp3) is 0.519. The first-order valence-electron chi connectivity index (χ1n) is 12.6. The Labute approximate surface area is 212 Å². The maximum absolute atomic E-state index is 14.0. The number of hydrogen-bond acceptors (Lipinski definition) is 5. The van der Waals surface area contributed by atoms with E-state index in [9.17, 15) is 22.8 Å². The standard InChI is InChI=1S/C27H28F3N3O2S/c28-27(29,30)21-10-20-15-33(7-5-22(20)31-13-21)25(35)26(12-17-1-2-17)6-8-32(16-26)14-18-3-4-23-19(9-18)11-24(34)36-23/h3-4,9-10,13,17H,1-2,5-8,11-12,14-16H2. The van der Waals surface area contributed by atoms with Gasteiger partial charge in [0.2, 0.25) is 5.91 Å². The number of likely N-dealkylation sites (tertiary alicyclic amines) is 1. The molecule has 6 rings (SSSR count). The van der Waals surface area contributed by atoms with Gasteiger partial charge < -0.3 is 4.90 Å². The van der Waals surface area contributed by atoms with Crippen LogP contribution >= 0.6 is 11.8 Å². The fourth-order valence-corrected chi connectivity index (χ4v) is 6.90. The number of benzene rings is 1. The van der Waals surface area contributed by atoms with Crippen molar-refractivity contribution in [1.29, 1.82) is 0 Å². The van der Waals surface area contributed by atoms with Crippen LogP contribution in [-0.4, -0.2) is 45.4 Å². The van der Waals surface area contributed by atoms with Gasteiger partial charge in [-0.1, -0.05) is 36.7 Å². The number of aromatic nitrogens is 1. The largest absolute Gasteiger partial charge is 0.417 e. The summed E-state index contributed by atoms with van der Waals surface area (Å²) in [6, 6.07) is 7.36. The maximum Gasteiger partial charge on any atom is 0.417 e. The summed E-state index contributed by atoms with van der Waals surface area (Å²) in [6.07, 6.45) is 1.31. The van der Waals surface area contributed by atoms with Gasteiger partial charge in [-0.05, 0) is 54.1 Å². The van der Waals surface area contributed by atoms with Crippen LogP contribution in [0.3, 0.4) is 0 Å². The van der Waals surface area contributed by atoms with Crippen molar-refractivity contribution in [2.75, 3.05) is 19.6 Å². The van der Waals surface area contributed by atoms with E-state index in [1.165, 1.54) is 11.8 Å². The second-order valence-electron chi connectivity index (χ2n) is 10.8. The lowest BCUT2D eigenvalue weighted by Gasteiger charge is -2.37. The van der Waals surface area contributed by atoms with Crippen LogP contribution in [0.2, 0.25) is 0 Å². The van der Waals surface area contributed by atoms with Gasteiger partial charge in [0.1, 0.15) is 0 Å². The summed E-state index contributed by atoms with van der Waals surface area (Å²) in [4.78, 5) is 34.9. The second kappa shape index (κ2) is 8.87. The number of alkyl halides is 3. The number of carbonyl (C=O) groups excluding carboxylic acids is 2. The molecule has 0 radical (unpaired) electrons. The monoisotopic (exact) mass is 515 g/mol. The van der Waals surface area contributed by atoms with Crippen molar-refractivity contribution in [2.45, 2.75) is 62.7 Å². The van der Waals surface area contributed by atoms with Crippen LogP contribution in [0.15, 0.2) is 35.4 Å². The molecule has 9 heteroatoms. The third kappa shape index (κ3) is 4.67. The van der Waals surface area contributed by atoms with E-state index in [0.717, 1.165) is 67.1 Å². The Hall–Kier alpha value is -2.39. The lowest BCUT2D eigenvalue weighted by Crippen LogP contribution is -2.47. The van der Waals surface area contributed by atoms with Gasteiger partial charge in [0, 0.05) is 55.8 Å². The van der Waals surface area contributed by atoms with Crippen molar-refractivity contribution in [3.63, 3.8) is 0 Å². The number of pyridine rings is 1. The van der Waals surface area contributed by atoms with E-state index in [2.05, 4.69) is 22.0 Å². The summed E-state index contributed by atoms with van der Waals surface area (Å²) < 4.78 is 39.7. The molecule has 190 valence electrons. The summed E-state index contributed by atoms with van der Waals surface area (Å²) in [5, 5.41) is 0.179. The molecule has 2 fully saturated rings. The number of carbonyl (C=O) groups is 2. The van der Waals surface area contributed by atoms with E-state index in [4.69, 9.17) is 0 Å². The Morgan fingerprint density at radius 2 is 2.00 bits per heavy atom. The molecule has 1 atom stereocenters. The summed E-state index contributed by atoms with van der Waals surface area (Å²) in [5.74, 6) is 0.642. The van der Waals surface area contributed by atoms with Crippen molar-refractivity contribution < 1.29 is 22.8 Å². The summed E-state index contributed by atoms with van der Waals surface area (Å²) >= 11 is 1.30. The van der Waals surface area contributed by atoms with Crippen LogP contribution in [0.4, 0.5) is 13.2 Å². The van der Waals surface area contributed by atoms with E-state index >= 15 is 0 Å². The van der Waals surface area contributed by atoms with Crippen molar-refractivity contribution in [3.8, 4) is 0 Å². The van der Waals surface area contributed by atoms with E-state index in [1.807, 2.05) is 6.07 Å². The van der Waals surface area contributed by atoms with Crippen LogP contribution in [-0.2, 0) is 41.7 Å². The molecule has 0 bridgehead atoms. The van der Waals surface area contributed by atoms with E-state index in [-0.39, 0.29) is 17.6 Å². The number of halogens is 3. The molecule has 2 aromatic rings. The number of amides is 1. The Bertz CT molecular complexity index is 1230. The zero-order valence-corrected chi connectivity index (χ0v) is 20.8. The molecule has 1 aromatic carbocycles. The quantitative estimate of drug-likeness (QED) is 0.570. The first-order chi connectivity index (χ1) is 17.2. The lowest BCUT2D eigenvalue weighted by atomic mass is 9.79. The highest BCUT2D eigenvalue weighted by Crippen LogP contribution is 2.47. The van der Waals surface area contributed by atoms with Gasteiger partial charge in [0.25, 0.3) is 0 Å². The topological polar surface area (TPSA) is 53.5 Å². The van der Waals surface area contributed by atoms with Crippen molar-refractivity contribution >= 4 is 22.8 Å². The maximum atomic E-state index is 14.0. The number of hydrogen-bond donors (Lipinski definition) is 0.